The van der Waals surface area contributed by atoms with Gasteiger partial charge in [-0.1, -0.05) is 137 Å². The van der Waals surface area contributed by atoms with Gasteiger partial charge in [-0.05, 0) is 59.8 Å². The largest absolute Gasteiger partial charge is 0.457 e. The standard InChI is InChI=1S/C63H110O25/c1-9-12-14-15-16-17-20-23-28-32-42(66)83-57-56(88-60-48(72)45(69)44(68)40(33-64)81-60)53(86-59-49(73)47(71)51(36(6)77-59)84-58(75)34(4)11-3)38(8)79-63(57)85-52-37(7)78-62-55(50(52)74)82-41(65)31-27-24-21-18-19-22-26-30-39(29-25-13-10-2)80-61-54(87-62)46(70)43(67)35(5)76-61/h34-40,43-57,59-64,67-74H,9-33H2,1-8H3/t34-,35+,36-,37-,38-,39-,40+,43-,44+,45-,46-,47-,48+,49+,50+,51-,52-,53-,54+,55+,56+,57+,59-,60-,61-,62-,63-/m0/s1. The van der Waals surface area contributed by atoms with E-state index in [0.717, 1.165) is 103 Å². The van der Waals surface area contributed by atoms with Crippen LogP contribution in [0.3, 0.4) is 0 Å². The summed E-state index contributed by atoms with van der Waals surface area (Å²) in [6, 6.07) is 0. The van der Waals surface area contributed by atoms with Crippen LogP contribution in [0.1, 0.15) is 209 Å². The highest BCUT2D eigenvalue weighted by atomic mass is 16.8. The second kappa shape index (κ2) is 37.5. The average Bonchev–Trinajstić information content (AvgIpc) is 0.972. The van der Waals surface area contributed by atoms with Gasteiger partial charge in [0.25, 0.3) is 0 Å². The van der Waals surface area contributed by atoms with E-state index < -0.39 is 184 Å². The molecular weight excluding hydrogens is 1160 g/mol. The van der Waals surface area contributed by atoms with Crippen LogP contribution in [0.25, 0.3) is 0 Å². The van der Waals surface area contributed by atoms with Crippen molar-refractivity contribution >= 4 is 17.9 Å². The summed E-state index contributed by atoms with van der Waals surface area (Å²) in [4.78, 5) is 41.2. The van der Waals surface area contributed by atoms with E-state index in [1.807, 2.05) is 0 Å². The van der Waals surface area contributed by atoms with Crippen molar-refractivity contribution < 1.29 is 122 Å². The normalized spacial score (nSPS) is 41.3. The molecule has 512 valence electrons. The first kappa shape index (κ1) is 74.7. The molecule has 0 aliphatic carbocycles. The molecule has 6 heterocycles. The number of unbranched alkanes of at least 4 members (excludes halogenated alkanes) is 10. The van der Waals surface area contributed by atoms with Gasteiger partial charge in [0.15, 0.2) is 49.8 Å². The molecule has 25 nitrogen and oxygen atoms in total. The third-order valence-electron chi connectivity index (χ3n) is 18.2. The van der Waals surface area contributed by atoms with Crippen molar-refractivity contribution in [2.24, 2.45) is 5.92 Å². The van der Waals surface area contributed by atoms with Gasteiger partial charge < -0.3 is 108 Å². The molecule has 25 heteroatoms. The van der Waals surface area contributed by atoms with Crippen molar-refractivity contribution in [2.75, 3.05) is 6.61 Å². The third kappa shape index (κ3) is 20.8. The summed E-state index contributed by atoms with van der Waals surface area (Å²) < 4.78 is 82.1. The number of hydrogen-bond donors (Lipinski definition) is 9. The number of fused-ring (bicyclic) bond motifs is 2. The van der Waals surface area contributed by atoms with Gasteiger partial charge in [0.05, 0.1) is 43.0 Å². The first-order chi connectivity index (χ1) is 42.1. The quantitative estimate of drug-likeness (QED) is 0.0349. The molecule has 0 aromatic rings. The number of carbonyl (C=O) groups is 3. The van der Waals surface area contributed by atoms with Gasteiger partial charge in [-0.15, -0.1) is 0 Å². The number of ether oxygens (including phenoxy) is 13. The smallest absolute Gasteiger partial charge is 0.309 e. The zero-order valence-electron chi connectivity index (χ0n) is 53.3. The zero-order valence-corrected chi connectivity index (χ0v) is 53.3. The lowest BCUT2D eigenvalue weighted by Crippen LogP contribution is -2.68. The molecule has 0 aromatic carbocycles. The second-order valence-corrected chi connectivity index (χ2v) is 25.4. The zero-order chi connectivity index (χ0) is 64.2. The van der Waals surface area contributed by atoms with Crippen LogP contribution >= 0.6 is 0 Å². The summed E-state index contributed by atoms with van der Waals surface area (Å²) in [5, 5.41) is 102. The molecule has 0 amide bonds. The van der Waals surface area contributed by atoms with Crippen LogP contribution in [-0.4, -0.2) is 230 Å². The average molecular weight is 1270 g/mol. The topological polar surface area (TPSA) is 353 Å². The van der Waals surface area contributed by atoms with Gasteiger partial charge in [-0.3, -0.25) is 14.4 Å². The molecule has 0 aromatic heterocycles. The molecule has 6 fully saturated rings. The fourth-order valence-electron chi connectivity index (χ4n) is 12.3. The van der Waals surface area contributed by atoms with Crippen molar-refractivity contribution in [2.45, 2.75) is 369 Å². The number of esters is 3. The maximum atomic E-state index is 14.3. The molecule has 6 saturated heterocycles. The number of aliphatic hydroxyl groups excluding tert-OH is 9. The fraction of sp³-hybridized carbons (Fsp3) is 0.952. The Labute approximate surface area is 519 Å². The van der Waals surface area contributed by atoms with Crippen molar-refractivity contribution in [1.29, 1.82) is 0 Å². The van der Waals surface area contributed by atoms with Crippen LogP contribution in [0.15, 0.2) is 0 Å². The van der Waals surface area contributed by atoms with E-state index in [0.29, 0.717) is 38.5 Å². The van der Waals surface area contributed by atoms with Gasteiger partial charge in [0.1, 0.15) is 79.4 Å². The van der Waals surface area contributed by atoms with Gasteiger partial charge in [-0.25, -0.2) is 0 Å². The van der Waals surface area contributed by atoms with E-state index in [-0.39, 0.29) is 18.9 Å². The molecular formula is C63H110O25. The van der Waals surface area contributed by atoms with E-state index in [1.165, 1.54) is 20.8 Å². The summed E-state index contributed by atoms with van der Waals surface area (Å²) in [7, 11) is 0. The summed E-state index contributed by atoms with van der Waals surface area (Å²) in [5.41, 5.74) is 0. The fourth-order valence-corrected chi connectivity index (χ4v) is 12.3. The van der Waals surface area contributed by atoms with Crippen LogP contribution in [0.2, 0.25) is 0 Å². The van der Waals surface area contributed by atoms with Crippen LogP contribution in [0, 0.1) is 5.92 Å². The van der Waals surface area contributed by atoms with E-state index in [4.69, 9.17) is 61.6 Å². The predicted molar refractivity (Wildman–Crippen MR) is 312 cm³/mol. The molecule has 0 unspecified atom stereocenters. The van der Waals surface area contributed by atoms with E-state index >= 15 is 0 Å². The Morgan fingerprint density at radius 1 is 0.489 bits per heavy atom. The predicted octanol–water partition coefficient (Wildman–Crippen LogP) is 4.30. The molecule has 6 aliphatic heterocycles. The maximum absolute atomic E-state index is 14.3. The van der Waals surface area contributed by atoms with Crippen molar-refractivity contribution in [3.05, 3.63) is 0 Å². The first-order valence-electron chi connectivity index (χ1n) is 33.3. The van der Waals surface area contributed by atoms with Gasteiger partial charge in [0.2, 0.25) is 0 Å². The maximum Gasteiger partial charge on any atom is 0.309 e. The molecule has 6 aliphatic rings. The summed E-state index contributed by atoms with van der Waals surface area (Å²) in [6.45, 7) is 13.0. The highest BCUT2D eigenvalue weighted by molar-refractivity contribution is 5.72. The molecule has 0 bridgehead atoms. The minimum Gasteiger partial charge on any atom is -0.457 e. The Morgan fingerprint density at radius 3 is 1.70 bits per heavy atom. The summed E-state index contributed by atoms with van der Waals surface area (Å²) in [6.07, 6.45) is -21.0. The molecule has 0 saturated carbocycles. The number of aliphatic hydroxyl groups is 9. The molecule has 0 radical (unpaired) electrons. The molecule has 27 atom stereocenters. The minimum atomic E-state index is -2.01. The Morgan fingerprint density at radius 2 is 1.03 bits per heavy atom. The number of rotatable bonds is 25. The Hall–Kier alpha value is -2.35. The number of hydrogen-bond acceptors (Lipinski definition) is 25. The van der Waals surface area contributed by atoms with Crippen molar-refractivity contribution in [3.63, 3.8) is 0 Å². The lowest BCUT2D eigenvalue weighted by atomic mass is 9.95. The van der Waals surface area contributed by atoms with Crippen molar-refractivity contribution in [1.82, 2.24) is 0 Å². The SMILES string of the molecule is CCCCCCCCCCCC(=O)O[C@H]1[C@H](O[C@@H]2[C@@H](O)[C@H]3OC(=O)CCCCCCCCC[C@H](CCCCC)O[C@@H]4O[C@H](C)[C@H](O)[C@H](O)[C@H]4O[C@@H]3O[C@H]2C)O[C@@H](C)[C@H](O[C@@H]2O[C@@H](C)[C@H](OC(=O)[C@@H](C)CC)[C@@H](O)[C@H]2O)[C@H]1O[C@@H]1O[C@H](CO)[C@@H](O)[C@H](O)[C@H]1O. The minimum absolute atomic E-state index is 0.0364. The monoisotopic (exact) mass is 1270 g/mol. The Bertz CT molecular complexity index is 2010. The molecule has 88 heavy (non-hydrogen) atoms. The second-order valence-electron chi connectivity index (χ2n) is 25.4. The lowest BCUT2D eigenvalue weighted by molar-refractivity contribution is -0.400. The number of carbonyl (C=O) groups excluding carboxylic acids is 3. The Kier molecular flexibility index (Phi) is 31.8. The van der Waals surface area contributed by atoms with E-state index in [1.54, 1.807) is 20.8 Å². The lowest BCUT2D eigenvalue weighted by Gasteiger charge is -2.51. The van der Waals surface area contributed by atoms with Crippen LogP contribution in [-0.2, 0) is 76.0 Å². The van der Waals surface area contributed by atoms with Crippen LogP contribution < -0.4 is 0 Å². The highest BCUT2D eigenvalue weighted by Gasteiger charge is 2.59. The Balaban J connectivity index is 1.35. The molecule has 0 spiro atoms. The van der Waals surface area contributed by atoms with E-state index in [9.17, 15) is 60.3 Å². The van der Waals surface area contributed by atoms with Gasteiger partial charge in [-0.2, -0.15) is 0 Å². The first-order valence-corrected chi connectivity index (χ1v) is 33.3. The molecule has 6 rings (SSSR count). The third-order valence-corrected chi connectivity index (χ3v) is 18.2. The summed E-state index contributed by atoms with van der Waals surface area (Å²) >= 11 is 0. The van der Waals surface area contributed by atoms with Gasteiger partial charge in [0, 0.05) is 12.8 Å². The molecule has 9 N–H and O–H groups in total. The summed E-state index contributed by atoms with van der Waals surface area (Å²) in [5.74, 6) is -2.66. The van der Waals surface area contributed by atoms with E-state index in [2.05, 4.69) is 13.8 Å². The highest BCUT2D eigenvalue weighted by Crippen LogP contribution is 2.39. The van der Waals surface area contributed by atoms with Gasteiger partial charge >= 0.3 is 17.9 Å². The van der Waals surface area contributed by atoms with Crippen molar-refractivity contribution in [3.8, 4) is 0 Å². The van der Waals surface area contributed by atoms with Crippen LogP contribution in [0.4, 0.5) is 0 Å². The van der Waals surface area contributed by atoms with Crippen LogP contribution in [0.5, 0.6) is 0 Å².